The van der Waals surface area contributed by atoms with Gasteiger partial charge in [0.1, 0.15) is 12.4 Å². The quantitative estimate of drug-likeness (QED) is 0.376. The molecule has 2 aromatic rings. The second-order valence-electron chi connectivity index (χ2n) is 9.31. The van der Waals surface area contributed by atoms with Gasteiger partial charge >= 0.3 is 0 Å². The number of oxime groups is 1. The van der Waals surface area contributed by atoms with Gasteiger partial charge in [-0.3, -0.25) is 0 Å². The minimum absolute atomic E-state index is 0.109. The molecule has 2 aliphatic carbocycles. The summed E-state index contributed by atoms with van der Waals surface area (Å²) >= 11 is 0. The van der Waals surface area contributed by atoms with Gasteiger partial charge in [-0.05, 0) is 78.7 Å². The minimum atomic E-state index is 0.109. The molecule has 0 aliphatic heterocycles. The summed E-state index contributed by atoms with van der Waals surface area (Å²) in [7, 11) is 1.76. The Kier molecular flexibility index (Phi) is 6.46. The zero-order chi connectivity index (χ0) is 21.0. The fourth-order valence-electron chi connectivity index (χ4n) is 5.89. The fraction of sp³-hybridized carbons (Fsp3) is 0.519. The van der Waals surface area contributed by atoms with Crippen LogP contribution in [0.5, 0.6) is 5.75 Å². The number of fused-ring (bicyclic) bond motifs is 3. The lowest BCUT2D eigenvalue weighted by atomic mass is 9.54. The van der Waals surface area contributed by atoms with Gasteiger partial charge < -0.3 is 9.57 Å². The molecule has 3 heteroatoms. The molecular formula is C27H35NO2. The van der Waals surface area contributed by atoms with Crippen molar-refractivity contribution in [1.29, 1.82) is 0 Å². The van der Waals surface area contributed by atoms with Crippen LogP contribution in [0.4, 0.5) is 0 Å². The van der Waals surface area contributed by atoms with Gasteiger partial charge in [-0.2, -0.15) is 0 Å². The zero-order valence-corrected chi connectivity index (χ0v) is 18.6. The molecule has 4 atom stereocenters. The first-order chi connectivity index (χ1) is 14.6. The highest BCUT2D eigenvalue weighted by molar-refractivity contribution is 5.65. The molecule has 0 spiro atoms. The maximum Gasteiger partial charge on any atom is 0.142 e. The van der Waals surface area contributed by atoms with Crippen molar-refractivity contribution in [1.82, 2.24) is 0 Å². The van der Waals surface area contributed by atoms with Gasteiger partial charge in [0.05, 0.1) is 7.11 Å². The smallest absolute Gasteiger partial charge is 0.142 e. The summed E-state index contributed by atoms with van der Waals surface area (Å²) in [4.78, 5) is 5.69. The van der Waals surface area contributed by atoms with Crippen molar-refractivity contribution in [2.24, 2.45) is 22.4 Å². The van der Waals surface area contributed by atoms with Crippen LogP contribution in [0.3, 0.4) is 0 Å². The van der Waals surface area contributed by atoms with E-state index in [1.807, 2.05) is 18.2 Å². The minimum Gasteiger partial charge on any atom is -0.497 e. The highest BCUT2D eigenvalue weighted by atomic mass is 16.6. The van der Waals surface area contributed by atoms with Gasteiger partial charge in [0.2, 0.25) is 0 Å². The Morgan fingerprint density at radius 2 is 1.97 bits per heavy atom. The van der Waals surface area contributed by atoms with E-state index in [9.17, 15) is 0 Å². The van der Waals surface area contributed by atoms with E-state index < -0.39 is 0 Å². The third-order valence-corrected chi connectivity index (χ3v) is 7.47. The van der Waals surface area contributed by atoms with Crippen molar-refractivity contribution in [3.63, 3.8) is 0 Å². The summed E-state index contributed by atoms with van der Waals surface area (Å²) in [6.07, 6.45) is 9.44. The molecule has 1 fully saturated rings. The molecule has 4 rings (SSSR count). The molecule has 0 aromatic heterocycles. The number of hydrogen-bond acceptors (Lipinski definition) is 3. The van der Waals surface area contributed by atoms with Crippen LogP contribution in [-0.2, 0) is 17.9 Å². The van der Waals surface area contributed by atoms with Crippen molar-refractivity contribution < 1.29 is 9.57 Å². The van der Waals surface area contributed by atoms with Gasteiger partial charge in [-0.15, -0.1) is 0 Å². The average Bonchev–Trinajstić information content (AvgIpc) is 2.79. The Bertz CT molecular complexity index is 862. The van der Waals surface area contributed by atoms with Crippen LogP contribution in [0.15, 0.2) is 53.7 Å². The van der Waals surface area contributed by atoms with Crippen LogP contribution in [0.1, 0.15) is 68.6 Å². The summed E-state index contributed by atoms with van der Waals surface area (Å²) in [6.45, 7) is 5.25. The number of aryl methyl sites for hydroxylation is 1. The van der Waals surface area contributed by atoms with E-state index in [0.29, 0.717) is 18.4 Å². The molecule has 160 valence electrons. The van der Waals surface area contributed by atoms with Crippen LogP contribution in [0.25, 0.3) is 0 Å². The normalized spacial score (nSPS) is 28.0. The van der Waals surface area contributed by atoms with Crippen molar-refractivity contribution in [3.05, 3.63) is 65.2 Å². The number of benzene rings is 2. The maximum atomic E-state index is 5.69. The average molecular weight is 406 g/mol. The Morgan fingerprint density at radius 3 is 2.73 bits per heavy atom. The molecule has 0 saturated heterocycles. The molecular weight excluding hydrogens is 370 g/mol. The molecule has 0 bridgehead atoms. The summed E-state index contributed by atoms with van der Waals surface area (Å²) in [6, 6.07) is 17.0. The molecule has 0 N–H and O–H groups in total. The van der Waals surface area contributed by atoms with E-state index in [0.717, 1.165) is 23.7 Å². The lowest BCUT2D eigenvalue weighted by Gasteiger charge is -2.50. The monoisotopic (exact) mass is 405 g/mol. The van der Waals surface area contributed by atoms with Gasteiger partial charge in [0.15, 0.2) is 0 Å². The van der Waals surface area contributed by atoms with E-state index in [4.69, 9.17) is 9.57 Å². The molecule has 0 radical (unpaired) electrons. The third kappa shape index (κ3) is 4.26. The number of methoxy groups -OCH3 is 1. The van der Waals surface area contributed by atoms with Crippen molar-refractivity contribution >= 4 is 6.21 Å². The highest BCUT2D eigenvalue weighted by Gasteiger charge is 2.47. The van der Waals surface area contributed by atoms with Crippen LogP contribution < -0.4 is 4.74 Å². The number of hydrogen-bond donors (Lipinski definition) is 0. The molecule has 1 saturated carbocycles. The first-order valence-corrected chi connectivity index (χ1v) is 11.5. The SMILES string of the molecule is CCC[C@H]1[C@@H]2CCc3cc(OC)ccc3[C@H]2CC[C@]1(C)/C=N/OCc1ccccc1. The van der Waals surface area contributed by atoms with E-state index in [1.165, 1.54) is 37.7 Å². The van der Waals surface area contributed by atoms with Crippen LogP contribution in [-0.4, -0.2) is 13.3 Å². The number of nitrogens with zero attached hydrogens (tertiary/aromatic N) is 1. The highest BCUT2D eigenvalue weighted by Crippen LogP contribution is 2.55. The topological polar surface area (TPSA) is 30.8 Å². The lowest BCUT2D eigenvalue weighted by molar-refractivity contribution is 0.0706. The van der Waals surface area contributed by atoms with Crippen LogP contribution >= 0.6 is 0 Å². The predicted molar refractivity (Wildman–Crippen MR) is 123 cm³/mol. The van der Waals surface area contributed by atoms with Crippen molar-refractivity contribution in [2.75, 3.05) is 7.11 Å². The molecule has 2 aromatic carbocycles. The van der Waals surface area contributed by atoms with Crippen LogP contribution in [0, 0.1) is 17.3 Å². The summed E-state index contributed by atoms with van der Waals surface area (Å²) in [5, 5.41) is 4.46. The molecule has 30 heavy (non-hydrogen) atoms. The Balaban J connectivity index is 1.50. The van der Waals surface area contributed by atoms with Gasteiger partial charge in [0.25, 0.3) is 0 Å². The summed E-state index contributed by atoms with van der Waals surface area (Å²) < 4.78 is 5.46. The summed E-state index contributed by atoms with van der Waals surface area (Å²) in [5.74, 6) is 3.04. The maximum absolute atomic E-state index is 5.69. The molecule has 0 unspecified atom stereocenters. The fourth-order valence-corrected chi connectivity index (χ4v) is 5.89. The first-order valence-electron chi connectivity index (χ1n) is 11.5. The number of rotatable bonds is 7. The first kappa shape index (κ1) is 21.0. The Labute approximate surface area is 181 Å². The predicted octanol–water partition coefficient (Wildman–Crippen LogP) is 6.76. The van der Waals surface area contributed by atoms with E-state index in [-0.39, 0.29) is 5.41 Å². The summed E-state index contributed by atoms with van der Waals surface area (Å²) in [5.41, 5.74) is 4.33. The standard InChI is InChI=1S/C27H35NO2/c1-4-8-26-25-13-11-21-17-22(29-3)12-14-23(21)24(25)15-16-27(26,2)19-28-30-18-20-9-6-5-7-10-20/h5-7,9-10,12,14,17,19,24-26H,4,8,11,13,15-16,18H2,1-3H3/b28-19+/t24-,25-,26+,27-/m1/s1. The van der Waals surface area contributed by atoms with E-state index in [2.05, 4.69) is 55.5 Å². The van der Waals surface area contributed by atoms with E-state index >= 15 is 0 Å². The van der Waals surface area contributed by atoms with E-state index in [1.54, 1.807) is 12.7 Å². The van der Waals surface area contributed by atoms with Crippen molar-refractivity contribution in [2.45, 2.75) is 64.9 Å². The van der Waals surface area contributed by atoms with Gasteiger partial charge in [-0.1, -0.05) is 61.8 Å². The Morgan fingerprint density at radius 1 is 1.13 bits per heavy atom. The largest absolute Gasteiger partial charge is 0.497 e. The zero-order valence-electron chi connectivity index (χ0n) is 18.6. The third-order valence-electron chi connectivity index (χ3n) is 7.47. The second kappa shape index (κ2) is 9.24. The number of ether oxygens (including phenoxy) is 1. The molecule has 0 heterocycles. The Hall–Kier alpha value is -2.29. The second-order valence-corrected chi connectivity index (χ2v) is 9.31. The van der Waals surface area contributed by atoms with Gasteiger partial charge in [-0.25, -0.2) is 0 Å². The van der Waals surface area contributed by atoms with Crippen LogP contribution in [0.2, 0.25) is 0 Å². The molecule has 3 nitrogen and oxygen atoms in total. The molecule has 2 aliphatic rings. The molecule has 0 amide bonds. The van der Waals surface area contributed by atoms with Gasteiger partial charge in [0, 0.05) is 11.6 Å². The van der Waals surface area contributed by atoms with Crippen molar-refractivity contribution in [3.8, 4) is 5.75 Å². The lowest BCUT2D eigenvalue weighted by Crippen LogP contribution is -2.43.